The number of carbonyl (C=O) groups is 1. The van der Waals surface area contributed by atoms with Crippen LogP contribution in [0.3, 0.4) is 0 Å². The largest absolute Gasteiger partial charge is 0.389 e. The zero-order valence-electron chi connectivity index (χ0n) is 11.1. The smallest absolute Gasteiger partial charge is 0.256 e. The van der Waals surface area contributed by atoms with Crippen LogP contribution in [0.15, 0.2) is 35.4 Å². The van der Waals surface area contributed by atoms with Gasteiger partial charge in [-0.2, -0.15) is 5.10 Å². The molecule has 0 radical (unpaired) electrons. The Morgan fingerprint density at radius 2 is 2.05 bits per heavy atom. The summed E-state index contributed by atoms with van der Waals surface area (Å²) < 4.78 is 1.53. The van der Waals surface area contributed by atoms with Crippen molar-refractivity contribution in [3.63, 3.8) is 0 Å². The van der Waals surface area contributed by atoms with E-state index in [4.69, 9.17) is 18.0 Å². The van der Waals surface area contributed by atoms with Gasteiger partial charge in [-0.25, -0.2) is 0 Å². The number of nitrogens with one attached hydrogen (secondary N) is 1. The number of hydrogen-bond donors (Lipinski definition) is 2. The standard InChI is InChI=1S/C13H14N4OS2/c1-17-12(10(7-15-17)11(14)19)16-13(18)8-3-5-9(20-2)6-4-8/h3-7H,1-2H3,(H2,14,19)(H,16,18). The molecule has 0 saturated carbocycles. The third-order valence-corrected chi connectivity index (χ3v) is 3.75. The molecule has 1 aromatic heterocycles. The van der Waals surface area contributed by atoms with Crippen LogP contribution < -0.4 is 11.1 Å². The molecule has 2 rings (SSSR count). The van der Waals surface area contributed by atoms with Gasteiger partial charge < -0.3 is 11.1 Å². The van der Waals surface area contributed by atoms with E-state index >= 15 is 0 Å². The molecule has 0 aliphatic rings. The molecule has 0 unspecified atom stereocenters. The first-order valence-corrected chi connectivity index (χ1v) is 7.43. The highest BCUT2D eigenvalue weighted by atomic mass is 32.2. The second-order valence-corrected chi connectivity index (χ2v) is 5.40. The van der Waals surface area contributed by atoms with E-state index in [1.165, 1.54) is 10.9 Å². The summed E-state index contributed by atoms with van der Waals surface area (Å²) in [6.07, 6.45) is 3.52. The molecule has 1 heterocycles. The maximum atomic E-state index is 12.2. The number of aromatic nitrogens is 2. The molecule has 0 aliphatic heterocycles. The van der Waals surface area contributed by atoms with Crippen LogP contribution in [0.4, 0.5) is 5.82 Å². The topological polar surface area (TPSA) is 72.9 Å². The Morgan fingerprint density at radius 3 is 2.60 bits per heavy atom. The fourth-order valence-corrected chi connectivity index (χ4v) is 2.25. The summed E-state index contributed by atoms with van der Waals surface area (Å²) >= 11 is 6.56. The minimum Gasteiger partial charge on any atom is -0.389 e. The van der Waals surface area contributed by atoms with Crippen molar-refractivity contribution in [2.24, 2.45) is 12.8 Å². The van der Waals surface area contributed by atoms with Crippen molar-refractivity contribution < 1.29 is 4.79 Å². The average molecular weight is 306 g/mol. The lowest BCUT2D eigenvalue weighted by molar-refractivity contribution is 0.102. The Hall–Kier alpha value is -1.86. The third kappa shape index (κ3) is 3.00. The van der Waals surface area contributed by atoms with Crippen molar-refractivity contribution >= 4 is 40.7 Å². The summed E-state index contributed by atoms with van der Waals surface area (Å²) in [5.41, 5.74) is 6.72. The van der Waals surface area contributed by atoms with Crippen molar-refractivity contribution in [3.05, 3.63) is 41.6 Å². The van der Waals surface area contributed by atoms with Gasteiger partial charge >= 0.3 is 0 Å². The van der Waals surface area contributed by atoms with E-state index in [0.29, 0.717) is 16.9 Å². The van der Waals surface area contributed by atoms with Crippen LogP contribution in [-0.2, 0) is 7.05 Å². The fourth-order valence-electron chi connectivity index (χ4n) is 1.69. The molecule has 0 fully saturated rings. The summed E-state index contributed by atoms with van der Waals surface area (Å²) in [7, 11) is 1.72. The molecule has 0 aliphatic carbocycles. The first kappa shape index (κ1) is 14.5. The Balaban J connectivity index is 2.23. The van der Waals surface area contributed by atoms with Gasteiger partial charge in [-0.05, 0) is 30.5 Å². The first-order chi connectivity index (χ1) is 9.52. The van der Waals surface area contributed by atoms with Crippen molar-refractivity contribution in [3.8, 4) is 0 Å². The molecule has 1 aromatic carbocycles. The molecule has 0 atom stereocenters. The Morgan fingerprint density at radius 1 is 1.40 bits per heavy atom. The number of nitrogens with zero attached hydrogens (tertiary/aromatic N) is 2. The molecule has 5 nitrogen and oxygen atoms in total. The van der Waals surface area contributed by atoms with E-state index in [1.54, 1.807) is 30.9 Å². The van der Waals surface area contributed by atoms with Crippen LogP contribution in [-0.4, -0.2) is 26.9 Å². The van der Waals surface area contributed by atoms with Crippen LogP contribution >= 0.6 is 24.0 Å². The van der Waals surface area contributed by atoms with E-state index in [-0.39, 0.29) is 10.9 Å². The van der Waals surface area contributed by atoms with Crippen LogP contribution in [0, 0.1) is 0 Å². The number of amides is 1. The molecule has 0 spiro atoms. The average Bonchev–Trinajstić information content (AvgIpc) is 2.80. The predicted molar refractivity (Wildman–Crippen MR) is 85.3 cm³/mol. The number of benzene rings is 1. The quantitative estimate of drug-likeness (QED) is 0.668. The van der Waals surface area contributed by atoms with Gasteiger partial charge in [-0.1, -0.05) is 12.2 Å². The van der Waals surface area contributed by atoms with E-state index in [9.17, 15) is 4.79 Å². The Labute approximate surface area is 126 Å². The SMILES string of the molecule is CSc1ccc(C(=O)Nc2c(C(N)=S)cnn2C)cc1. The monoisotopic (exact) mass is 306 g/mol. The summed E-state index contributed by atoms with van der Waals surface area (Å²) in [6.45, 7) is 0. The van der Waals surface area contributed by atoms with Gasteiger partial charge in [0.15, 0.2) is 0 Å². The zero-order chi connectivity index (χ0) is 14.7. The summed E-state index contributed by atoms with van der Waals surface area (Å²) in [5, 5.41) is 6.82. The van der Waals surface area contributed by atoms with Crippen LogP contribution in [0.1, 0.15) is 15.9 Å². The Bertz CT molecular complexity index is 649. The number of thioether (sulfide) groups is 1. The van der Waals surface area contributed by atoms with Crippen LogP contribution in [0.5, 0.6) is 0 Å². The van der Waals surface area contributed by atoms with Gasteiger partial charge in [0.2, 0.25) is 0 Å². The van der Waals surface area contributed by atoms with Crippen molar-refractivity contribution in [1.82, 2.24) is 9.78 Å². The molecule has 0 saturated heterocycles. The van der Waals surface area contributed by atoms with Gasteiger partial charge in [-0.15, -0.1) is 11.8 Å². The third-order valence-electron chi connectivity index (χ3n) is 2.79. The van der Waals surface area contributed by atoms with Crippen molar-refractivity contribution in [2.45, 2.75) is 4.90 Å². The van der Waals surface area contributed by atoms with Crippen molar-refractivity contribution in [2.75, 3.05) is 11.6 Å². The molecule has 20 heavy (non-hydrogen) atoms. The van der Waals surface area contributed by atoms with E-state index in [0.717, 1.165) is 4.90 Å². The van der Waals surface area contributed by atoms with Crippen LogP contribution in [0.25, 0.3) is 0 Å². The molecule has 2 aromatic rings. The lowest BCUT2D eigenvalue weighted by Gasteiger charge is -2.08. The van der Waals surface area contributed by atoms with Gasteiger partial charge in [0.05, 0.1) is 11.8 Å². The number of anilines is 1. The molecule has 1 amide bonds. The van der Waals surface area contributed by atoms with E-state index in [2.05, 4.69) is 10.4 Å². The number of rotatable bonds is 4. The maximum Gasteiger partial charge on any atom is 0.256 e. The second-order valence-electron chi connectivity index (χ2n) is 4.08. The summed E-state index contributed by atoms with van der Waals surface area (Å²) in [5.74, 6) is 0.273. The molecule has 7 heteroatoms. The number of nitrogens with two attached hydrogens (primary N) is 1. The predicted octanol–water partition coefficient (Wildman–Crippen LogP) is 2.03. The lowest BCUT2D eigenvalue weighted by atomic mass is 10.2. The van der Waals surface area contributed by atoms with Gasteiger partial charge in [0, 0.05) is 17.5 Å². The zero-order valence-corrected chi connectivity index (χ0v) is 12.7. The van der Waals surface area contributed by atoms with E-state index < -0.39 is 0 Å². The van der Waals surface area contributed by atoms with Crippen molar-refractivity contribution in [1.29, 1.82) is 0 Å². The normalized spacial score (nSPS) is 10.3. The maximum absolute atomic E-state index is 12.2. The highest BCUT2D eigenvalue weighted by Crippen LogP contribution is 2.18. The highest BCUT2D eigenvalue weighted by molar-refractivity contribution is 7.98. The lowest BCUT2D eigenvalue weighted by Crippen LogP contribution is -2.18. The molecular weight excluding hydrogens is 292 g/mol. The Kier molecular flexibility index (Phi) is 4.41. The summed E-state index contributed by atoms with van der Waals surface area (Å²) in [4.78, 5) is 13.5. The van der Waals surface area contributed by atoms with Gasteiger partial charge in [-0.3, -0.25) is 9.48 Å². The van der Waals surface area contributed by atoms with Gasteiger partial charge in [0.25, 0.3) is 5.91 Å². The number of carbonyl (C=O) groups excluding carboxylic acids is 1. The highest BCUT2D eigenvalue weighted by Gasteiger charge is 2.14. The molecule has 0 bridgehead atoms. The number of aryl methyl sites for hydroxylation is 1. The van der Waals surface area contributed by atoms with Crippen LogP contribution in [0.2, 0.25) is 0 Å². The molecule has 104 valence electrons. The van der Waals surface area contributed by atoms with Gasteiger partial charge in [0.1, 0.15) is 10.8 Å². The molecule has 3 N–H and O–H groups in total. The second kappa shape index (κ2) is 6.06. The minimum atomic E-state index is -0.223. The first-order valence-electron chi connectivity index (χ1n) is 5.80. The number of hydrogen-bond acceptors (Lipinski definition) is 4. The summed E-state index contributed by atoms with van der Waals surface area (Å²) in [6, 6.07) is 7.35. The fraction of sp³-hybridized carbons (Fsp3) is 0.154. The van der Waals surface area contributed by atoms with E-state index in [1.807, 2.05) is 18.4 Å². The number of thiocarbonyl (C=S) groups is 1. The minimum absolute atomic E-state index is 0.200. The molecular formula is C13H14N4OS2.